The van der Waals surface area contributed by atoms with Crippen molar-refractivity contribution in [2.24, 2.45) is 11.7 Å². The molecular formula is C12H26N2O2. The van der Waals surface area contributed by atoms with E-state index in [4.69, 9.17) is 10.5 Å². The molecule has 2 atom stereocenters. The zero-order valence-electron chi connectivity index (χ0n) is 11.2. The monoisotopic (exact) mass is 230 g/mol. The molecule has 0 unspecified atom stereocenters. The first-order valence-corrected chi connectivity index (χ1v) is 6.00. The van der Waals surface area contributed by atoms with E-state index in [2.05, 4.69) is 0 Å². The van der Waals surface area contributed by atoms with Gasteiger partial charge in [0.05, 0.1) is 12.6 Å². The van der Waals surface area contributed by atoms with Crippen LogP contribution in [0.5, 0.6) is 0 Å². The van der Waals surface area contributed by atoms with E-state index in [1.165, 1.54) is 0 Å². The summed E-state index contributed by atoms with van der Waals surface area (Å²) in [7, 11) is 1.64. The van der Waals surface area contributed by atoms with Gasteiger partial charge in [0, 0.05) is 19.7 Å². The van der Waals surface area contributed by atoms with E-state index < -0.39 is 6.04 Å². The number of nitrogens with zero attached hydrogens (tertiary/aromatic N) is 1. The molecule has 1 amide bonds. The van der Waals surface area contributed by atoms with Crippen LogP contribution in [-0.4, -0.2) is 43.2 Å². The lowest BCUT2D eigenvalue weighted by Crippen LogP contribution is -2.50. The first-order chi connectivity index (χ1) is 7.45. The van der Waals surface area contributed by atoms with Gasteiger partial charge >= 0.3 is 0 Å². The lowest BCUT2D eigenvalue weighted by molar-refractivity contribution is -0.136. The highest BCUT2D eigenvalue weighted by molar-refractivity contribution is 5.82. The average molecular weight is 230 g/mol. The smallest absolute Gasteiger partial charge is 0.240 e. The molecule has 0 bridgehead atoms. The van der Waals surface area contributed by atoms with E-state index in [0.717, 1.165) is 6.42 Å². The summed E-state index contributed by atoms with van der Waals surface area (Å²) < 4.78 is 5.00. The molecule has 0 radical (unpaired) electrons. The van der Waals surface area contributed by atoms with Gasteiger partial charge in [0.2, 0.25) is 5.91 Å². The van der Waals surface area contributed by atoms with Crippen molar-refractivity contribution in [2.75, 3.05) is 20.3 Å². The maximum Gasteiger partial charge on any atom is 0.240 e. The lowest BCUT2D eigenvalue weighted by atomic mass is 9.98. The van der Waals surface area contributed by atoms with E-state index in [9.17, 15) is 4.79 Å². The Morgan fingerprint density at radius 3 is 2.31 bits per heavy atom. The van der Waals surface area contributed by atoms with Crippen LogP contribution in [0.2, 0.25) is 0 Å². The fourth-order valence-electron chi connectivity index (χ4n) is 1.50. The van der Waals surface area contributed by atoms with Crippen LogP contribution >= 0.6 is 0 Å². The molecular weight excluding hydrogens is 204 g/mol. The third kappa shape index (κ3) is 4.49. The van der Waals surface area contributed by atoms with Gasteiger partial charge in [-0.05, 0) is 19.8 Å². The quantitative estimate of drug-likeness (QED) is 0.716. The molecule has 0 aliphatic rings. The van der Waals surface area contributed by atoms with E-state index in [1.54, 1.807) is 12.0 Å². The van der Waals surface area contributed by atoms with Gasteiger partial charge in [-0.2, -0.15) is 0 Å². The zero-order valence-corrected chi connectivity index (χ0v) is 11.2. The molecule has 0 aromatic heterocycles. The molecule has 0 fully saturated rings. The Bertz CT molecular complexity index is 207. The molecule has 0 rings (SSSR count). The third-order valence-electron chi connectivity index (χ3n) is 2.98. The van der Waals surface area contributed by atoms with Crippen molar-refractivity contribution < 1.29 is 9.53 Å². The average Bonchev–Trinajstić information content (AvgIpc) is 2.26. The first-order valence-electron chi connectivity index (χ1n) is 6.00. The second-order valence-corrected chi connectivity index (χ2v) is 4.53. The number of methoxy groups -OCH3 is 1. The molecule has 0 aromatic carbocycles. The Morgan fingerprint density at radius 2 is 1.94 bits per heavy atom. The van der Waals surface area contributed by atoms with Crippen molar-refractivity contribution in [1.82, 2.24) is 4.90 Å². The summed E-state index contributed by atoms with van der Waals surface area (Å²) >= 11 is 0. The highest BCUT2D eigenvalue weighted by Gasteiger charge is 2.26. The molecule has 0 aromatic rings. The minimum atomic E-state index is -0.399. The van der Waals surface area contributed by atoms with Crippen LogP contribution in [0.15, 0.2) is 0 Å². The number of carbonyl (C=O) groups is 1. The summed E-state index contributed by atoms with van der Waals surface area (Å²) in [5.41, 5.74) is 5.95. The minimum Gasteiger partial charge on any atom is -0.383 e. The molecule has 0 spiro atoms. The Balaban J connectivity index is 4.48. The minimum absolute atomic E-state index is 0.0291. The molecule has 4 nitrogen and oxygen atoms in total. The zero-order chi connectivity index (χ0) is 12.7. The largest absolute Gasteiger partial charge is 0.383 e. The van der Waals surface area contributed by atoms with Gasteiger partial charge in [-0.3, -0.25) is 4.79 Å². The summed E-state index contributed by atoms with van der Waals surface area (Å²) in [5, 5.41) is 0. The standard InChI is InChI=1S/C12H26N2O2/c1-6-10(4)11(13)12(15)14(9(2)3)7-8-16-5/h9-11H,6-8,13H2,1-5H3/t10-,11-/m0/s1. The molecule has 0 saturated heterocycles. The van der Waals surface area contributed by atoms with Crippen LogP contribution < -0.4 is 5.73 Å². The predicted octanol–water partition coefficient (Wildman–Crippen LogP) is 1.24. The summed E-state index contributed by atoms with van der Waals surface area (Å²) in [4.78, 5) is 13.9. The van der Waals surface area contributed by atoms with Crippen LogP contribution in [0.4, 0.5) is 0 Å². The van der Waals surface area contributed by atoms with Crippen LogP contribution in [-0.2, 0) is 9.53 Å². The second-order valence-electron chi connectivity index (χ2n) is 4.53. The highest BCUT2D eigenvalue weighted by Crippen LogP contribution is 2.10. The van der Waals surface area contributed by atoms with Crippen molar-refractivity contribution >= 4 is 5.91 Å². The van der Waals surface area contributed by atoms with Gasteiger partial charge in [-0.25, -0.2) is 0 Å². The number of rotatable bonds is 7. The van der Waals surface area contributed by atoms with Gasteiger partial charge in [0.15, 0.2) is 0 Å². The number of carbonyl (C=O) groups excluding carboxylic acids is 1. The fourth-order valence-corrected chi connectivity index (χ4v) is 1.50. The Hall–Kier alpha value is -0.610. The van der Waals surface area contributed by atoms with Crippen molar-refractivity contribution in [3.05, 3.63) is 0 Å². The van der Waals surface area contributed by atoms with Crippen LogP contribution in [0.25, 0.3) is 0 Å². The molecule has 0 aliphatic heterocycles. The van der Waals surface area contributed by atoms with Crippen molar-refractivity contribution in [3.8, 4) is 0 Å². The van der Waals surface area contributed by atoms with Crippen molar-refractivity contribution in [3.63, 3.8) is 0 Å². The third-order valence-corrected chi connectivity index (χ3v) is 2.98. The molecule has 0 saturated carbocycles. The summed E-state index contributed by atoms with van der Waals surface area (Å²) in [6.07, 6.45) is 0.920. The van der Waals surface area contributed by atoms with Crippen LogP contribution in [0.1, 0.15) is 34.1 Å². The SMILES string of the molecule is CC[C@H](C)[C@H](N)C(=O)N(CCOC)C(C)C. The van der Waals surface area contributed by atoms with Crippen LogP contribution in [0, 0.1) is 5.92 Å². The molecule has 16 heavy (non-hydrogen) atoms. The number of amides is 1. The predicted molar refractivity (Wildman–Crippen MR) is 66.2 cm³/mol. The fraction of sp³-hybridized carbons (Fsp3) is 0.917. The van der Waals surface area contributed by atoms with Crippen molar-refractivity contribution in [2.45, 2.75) is 46.2 Å². The highest BCUT2D eigenvalue weighted by atomic mass is 16.5. The number of ether oxygens (including phenoxy) is 1. The topological polar surface area (TPSA) is 55.6 Å². The van der Waals surface area contributed by atoms with Gasteiger partial charge in [0.25, 0.3) is 0 Å². The molecule has 2 N–H and O–H groups in total. The Morgan fingerprint density at radius 1 is 1.38 bits per heavy atom. The molecule has 0 heterocycles. The maximum atomic E-state index is 12.1. The summed E-state index contributed by atoms with van der Waals surface area (Å²) in [6.45, 7) is 9.21. The van der Waals surface area contributed by atoms with Gasteiger partial charge < -0.3 is 15.4 Å². The van der Waals surface area contributed by atoms with E-state index in [0.29, 0.717) is 13.2 Å². The Labute approximate surface area is 99.1 Å². The number of hydrogen-bond acceptors (Lipinski definition) is 3. The lowest BCUT2D eigenvalue weighted by Gasteiger charge is -2.31. The van der Waals surface area contributed by atoms with Gasteiger partial charge in [-0.15, -0.1) is 0 Å². The Kier molecular flexibility index (Phi) is 7.34. The summed E-state index contributed by atoms with van der Waals surface area (Å²) in [5.74, 6) is 0.248. The first kappa shape index (κ1) is 15.4. The second kappa shape index (κ2) is 7.63. The van der Waals surface area contributed by atoms with Gasteiger partial charge in [0.1, 0.15) is 0 Å². The van der Waals surface area contributed by atoms with Crippen LogP contribution in [0.3, 0.4) is 0 Å². The number of hydrogen-bond donors (Lipinski definition) is 1. The van der Waals surface area contributed by atoms with Crippen molar-refractivity contribution in [1.29, 1.82) is 0 Å². The van der Waals surface area contributed by atoms with Gasteiger partial charge in [-0.1, -0.05) is 20.3 Å². The normalized spacial score (nSPS) is 14.9. The van der Waals surface area contributed by atoms with E-state index in [1.807, 2.05) is 27.7 Å². The number of nitrogens with two attached hydrogens (primary N) is 1. The molecule has 0 aliphatic carbocycles. The molecule has 4 heteroatoms. The van der Waals surface area contributed by atoms with E-state index in [-0.39, 0.29) is 17.9 Å². The van der Waals surface area contributed by atoms with E-state index >= 15 is 0 Å². The summed E-state index contributed by atoms with van der Waals surface area (Å²) in [6, 6.07) is -0.234. The maximum absolute atomic E-state index is 12.1. The molecule has 96 valence electrons.